The summed E-state index contributed by atoms with van der Waals surface area (Å²) in [5, 5.41) is 0. The number of esters is 2. The molecule has 0 fully saturated rings. The van der Waals surface area contributed by atoms with Gasteiger partial charge in [0.2, 0.25) is 0 Å². The summed E-state index contributed by atoms with van der Waals surface area (Å²) in [4.78, 5) is 23.4. The molecule has 1 aromatic carbocycles. The van der Waals surface area contributed by atoms with Gasteiger partial charge in [-0.2, -0.15) is 0 Å². The maximum Gasteiger partial charge on any atom is 0.306 e. The molecule has 0 spiro atoms. The number of ether oxygens (including phenoxy) is 2. The lowest BCUT2D eigenvalue weighted by Crippen LogP contribution is -2.14. The second-order valence-corrected chi connectivity index (χ2v) is 6.10. The van der Waals surface area contributed by atoms with Gasteiger partial charge in [0.05, 0.1) is 6.61 Å². The van der Waals surface area contributed by atoms with Gasteiger partial charge < -0.3 is 9.47 Å². The molecule has 0 heterocycles. The van der Waals surface area contributed by atoms with Gasteiger partial charge in [0.25, 0.3) is 0 Å². The zero-order valence-corrected chi connectivity index (χ0v) is 15.0. The summed E-state index contributed by atoms with van der Waals surface area (Å²) in [5.74, 6) is -0.0495. The number of unbranched alkanes of at least 4 members (excludes halogenated alkanes) is 1. The molecule has 0 aromatic heterocycles. The Bertz CT molecular complexity index is 470. The fourth-order valence-corrected chi connectivity index (χ4v) is 2.37. The largest absolute Gasteiger partial charge is 0.465 e. The van der Waals surface area contributed by atoms with Crippen molar-refractivity contribution in [2.45, 2.75) is 65.4 Å². The molecule has 0 amide bonds. The van der Waals surface area contributed by atoms with Gasteiger partial charge in [-0.15, -0.1) is 0 Å². The summed E-state index contributed by atoms with van der Waals surface area (Å²) < 4.78 is 10.5. The standard InChI is InChI=1S/C20H30O4/c1-3-5-10-17(4-2)15-23-19(21)13-9-14-20(22)24-16-18-11-7-6-8-12-18/h6-8,11-12,17H,3-5,9-10,13-16H2,1-2H3. The topological polar surface area (TPSA) is 52.6 Å². The highest BCUT2D eigenvalue weighted by atomic mass is 16.5. The van der Waals surface area contributed by atoms with Crippen LogP contribution in [0, 0.1) is 5.92 Å². The number of hydrogen-bond acceptors (Lipinski definition) is 4. The van der Waals surface area contributed by atoms with Crippen LogP contribution in [0.25, 0.3) is 0 Å². The van der Waals surface area contributed by atoms with Crippen molar-refractivity contribution in [1.29, 1.82) is 0 Å². The van der Waals surface area contributed by atoms with Crippen molar-refractivity contribution in [3.05, 3.63) is 35.9 Å². The van der Waals surface area contributed by atoms with Crippen LogP contribution in [0.1, 0.15) is 64.4 Å². The van der Waals surface area contributed by atoms with E-state index in [1.54, 1.807) is 0 Å². The molecule has 1 rings (SSSR count). The van der Waals surface area contributed by atoms with Crippen LogP contribution in [-0.2, 0) is 25.7 Å². The second kappa shape index (κ2) is 12.6. The molecular formula is C20H30O4. The molecule has 0 saturated heterocycles. The minimum absolute atomic E-state index is 0.221. The first-order chi connectivity index (χ1) is 11.7. The van der Waals surface area contributed by atoms with E-state index >= 15 is 0 Å². The zero-order valence-electron chi connectivity index (χ0n) is 15.0. The highest BCUT2D eigenvalue weighted by molar-refractivity contribution is 5.72. The van der Waals surface area contributed by atoms with Gasteiger partial charge in [0, 0.05) is 12.8 Å². The predicted molar refractivity (Wildman–Crippen MR) is 94.4 cm³/mol. The smallest absolute Gasteiger partial charge is 0.306 e. The lowest BCUT2D eigenvalue weighted by atomic mass is 10.0. The van der Waals surface area contributed by atoms with Crippen molar-refractivity contribution in [2.24, 2.45) is 5.92 Å². The molecule has 0 radical (unpaired) electrons. The number of carbonyl (C=O) groups excluding carboxylic acids is 2. The van der Waals surface area contributed by atoms with Gasteiger partial charge in [0.1, 0.15) is 6.61 Å². The molecule has 1 aromatic rings. The third kappa shape index (κ3) is 9.33. The van der Waals surface area contributed by atoms with Crippen molar-refractivity contribution in [1.82, 2.24) is 0 Å². The maximum atomic E-state index is 11.7. The van der Waals surface area contributed by atoms with E-state index in [0.29, 0.717) is 18.9 Å². The van der Waals surface area contributed by atoms with Gasteiger partial charge >= 0.3 is 11.9 Å². The minimum atomic E-state index is -0.277. The predicted octanol–water partition coefficient (Wildman–Crippen LogP) is 4.66. The molecule has 0 aliphatic rings. The maximum absolute atomic E-state index is 11.7. The molecule has 4 heteroatoms. The van der Waals surface area contributed by atoms with Gasteiger partial charge in [-0.1, -0.05) is 63.4 Å². The van der Waals surface area contributed by atoms with Crippen LogP contribution in [0.15, 0.2) is 30.3 Å². The molecule has 4 nitrogen and oxygen atoms in total. The summed E-state index contributed by atoms with van der Waals surface area (Å²) in [6.45, 7) is 5.06. The van der Waals surface area contributed by atoms with E-state index in [0.717, 1.165) is 24.8 Å². The summed E-state index contributed by atoms with van der Waals surface area (Å²) in [7, 11) is 0. The van der Waals surface area contributed by atoms with Crippen LogP contribution in [0.3, 0.4) is 0 Å². The monoisotopic (exact) mass is 334 g/mol. The average Bonchev–Trinajstić information content (AvgIpc) is 2.61. The molecule has 24 heavy (non-hydrogen) atoms. The lowest BCUT2D eigenvalue weighted by Gasteiger charge is -2.14. The van der Waals surface area contributed by atoms with E-state index in [9.17, 15) is 9.59 Å². The second-order valence-electron chi connectivity index (χ2n) is 6.10. The average molecular weight is 334 g/mol. The van der Waals surface area contributed by atoms with Gasteiger partial charge in [0.15, 0.2) is 0 Å². The lowest BCUT2D eigenvalue weighted by molar-refractivity contribution is -0.146. The van der Waals surface area contributed by atoms with Gasteiger partial charge in [-0.3, -0.25) is 9.59 Å². The highest BCUT2D eigenvalue weighted by Crippen LogP contribution is 2.13. The van der Waals surface area contributed by atoms with E-state index in [1.165, 1.54) is 6.42 Å². The number of hydrogen-bond donors (Lipinski definition) is 0. The van der Waals surface area contributed by atoms with Crippen LogP contribution >= 0.6 is 0 Å². The first-order valence-corrected chi connectivity index (χ1v) is 9.00. The first kappa shape index (κ1) is 20.2. The van der Waals surface area contributed by atoms with Crippen LogP contribution in [0.2, 0.25) is 0 Å². The van der Waals surface area contributed by atoms with Crippen LogP contribution in [-0.4, -0.2) is 18.5 Å². The fraction of sp³-hybridized carbons (Fsp3) is 0.600. The SMILES string of the molecule is CCCCC(CC)COC(=O)CCCC(=O)OCc1ccccc1. The van der Waals surface area contributed by atoms with E-state index in [2.05, 4.69) is 13.8 Å². The van der Waals surface area contributed by atoms with Crippen molar-refractivity contribution in [3.63, 3.8) is 0 Å². The highest BCUT2D eigenvalue weighted by Gasteiger charge is 2.11. The molecule has 0 N–H and O–H groups in total. The van der Waals surface area contributed by atoms with E-state index in [1.807, 2.05) is 30.3 Å². The normalized spacial score (nSPS) is 11.8. The molecule has 1 unspecified atom stereocenters. The Morgan fingerprint density at radius 3 is 2.25 bits per heavy atom. The molecule has 0 saturated carbocycles. The molecule has 0 bridgehead atoms. The van der Waals surface area contributed by atoms with Crippen LogP contribution in [0.4, 0.5) is 0 Å². The summed E-state index contributed by atoms with van der Waals surface area (Å²) in [6, 6.07) is 9.55. The van der Waals surface area contributed by atoms with Gasteiger partial charge in [-0.05, 0) is 24.3 Å². The third-order valence-electron chi connectivity index (χ3n) is 4.03. The number of benzene rings is 1. The Labute approximate surface area is 145 Å². The summed E-state index contributed by atoms with van der Waals surface area (Å²) in [6.07, 6.45) is 5.45. The minimum Gasteiger partial charge on any atom is -0.465 e. The van der Waals surface area contributed by atoms with Gasteiger partial charge in [-0.25, -0.2) is 0 Å². The van der Waals surface area contributed by atoms with Crippen LogP contribution in [0.5, 0.6) is 0 Å². The molecule has 0 aliphatic heterocycles. The summed E-state index contributed by atoms with van der Waals surface area (Å²) in [5.41, 5.74) is 0.961. The summed E-state index contributed by atoms with van der Waals surface area (Å²) >= 11 is 0. The molecule has 1 atom stereocenters. The Kier molecular flexibility index (Phi) is 10.6. The van der Waals surface area contributed by atoms with E-state index in [4.69, 9.17) is 9.47 Å². The van der Waals surface area contributed by atoms with Crippen LogP contribution < -0.4 is 0 Å². The van der Waals surface area contributed by atoms with E-state index < -0.39 is 0 Å². The zero-order chi connectivity index (χ0) is 17.6. The van der Waals surface area contributed by atoms with E-state index in [-0.39, 0.29) is 31.4 Å². The molecular weight excluding hydrogens is 304 g/mol. The number of rotatable bonds is 12. The Morgan fingerprint density at radius 1 is 0.958 bits per heavy atom. The number of carbonyl (C=O) groups is 2. The Morgan fingerprint density at radius 2 is 1.62 bits per heavy atom. The quantitative estimate of drug-likeness (QED) is 0.522. The molecule has 134 valence electrons. The first-order valence-electron chi connectivity index (χ1n) is 9.00. The van der Waals surface area contributed by atoms with Crippen molar-refractivity contribution in [3.8, 4) is 0 Å². The Hall–Kier alpha value is -1.84. The fourth-order valence-electron chi connectivity index (χ4n) is 2.37. The third-order valence-corrected chi connectivity index (χ3v) is 4.03. The molecule has 0 aliphatic carbocycles. The van der Waals surface area contributed by atoms with Crippen molar-refractivity contribution in [2.75, 3.05) is 6.61 Å². The van der Waals surface area contributed by atoms with Crippen molar-refractivity contribution >= 4 is 11.9 Å². The Balaban J connectivity index is 2.10. The van der Waals surface area contributed by atoms with Crippen molar-refractivity contribution < 1.29 is 19.1 Å².